The van der Waals surface area contributed by atoms with Crippen LogP contribution in [0.15, 0.2) is 53.4 Å². The van der Waals surface area contributed by atoms with Gasteiger partial charge in [0.15, 0.2) is 0 Å². The third-order valence-corrected chi connectivity index (χ3v) is 5.18. The van der Waals surface area contributed by atoms with E-state index in [0.29, 0.717) is 12.2 Å². The molecule has 2 rings (SSSR count). The lowest BCUT2D eigenvalue weighted by Gasteiger charge is -2.14. The van der Waals surface area contributed by atoms with Crippen LogP contribution in [0, 0.1) is 6.92 Å². The number of hydrogen-bond donors (Lipinski definition) is 3. The maximum atomic E-state index is 12.6. The largest absolute Gasteiger partial charge is 0.355 e. The summed E-state index contributed by atoms with van der Waals surface area (Å²) in [5.74, 6) is -0.836. The number of carbonyl (C=O) groups is 2. The molecule has 0 aliphatic rings. The topological polar surface area (TPSA) is 104 Å². The fourth-order valence-electron chi connectivity index (χ4n) is 2.31. The van der Waals surface area contributed by atoms with Crippen molar-refractivity contribution >= 4 is 27.5 Å². The SMILES string of the molecule is CCNC(=O)[C@H](C)NC(=O)c1cccc(S(=O)(=O)Nc2ccc(C)cc2)c1. The monoisotopic (exact) mass is 389 g/mol. The molecule has 0 radical (unpaired) electrons. The van der Waals surface area contributed by atoms with Crippen LogP contribution in [0.2, 0.25) is 0 Å². The molecule has 0 saturated carbocycles. The summed E-state index contributed by atoms with van der Waals surface area (Å²) in [5, 5.41) is 5.16. The highest BCUT2D eigenvalue weighted by Gasteiger charge is 2.19. The lowest BCUT2D eigenvalue weighted by molar-refractivity contribution is -0.122. The van der Waals surface area contributed by atoms with Gasteiger partial charge in [-0.05, 0) is 51.1 Å². The van der Waals surface area contributed by atoms with Crippen molar-refractivity contribution in [2.24, 2.45) is 0 Å². The molecule has 2 aromatic carbocycles. The molecular formula is C19H23N3O4S. The molecule has 0 aromatic heterocycles. The van der Waals surface area contributed by atoms with E-state index in [0.717, 1.165) is 5.56 Å². The predicted molar refractivity (Wildman–Crippen MR) is 104 cm³/mol. The molecule has 2 amide bonds. The van der Waals surface area contributed by atoms with Crippen molar-refractivity contribution in [3.05, 3.63) is 59.7 Å². The number of amides is 2. The van der Waals surface area contributed by atoms with Gasteiger partial charge in [-0.25, -0.2) is 8.42 Å². The van der Waals surface area contributed by atoms with Crippen LogP contribution in [-0.2, 0) is 14.8 Å². The number of anilines is 1. The van der Waals surface area contributed by atoms with Gasteiger partial charge in [0, 0.05) is 17.8 Å². The summed E-state index contributed by atoms with van der Waals surface area (Å²) in [6.45, 7) is 5.70. The zero-order chi connectivity index (χ0) is 20.0. The molecule has 0 spiro atoms. The van der Waals surface area contributed by atoms with Crippen molar-refractivity contribution in [1.82, 2.24) is 10.6 Å². The van der Waals surface area contributed by atoms with Gasteiger partial charge in [-0.2, -0.15) is 0 Å². The predicted octanol–water partition coefficient (Wildman–Crippen LogP) is 2.05. The van der Waals surface area contributed by atoms with E-state index in [9.17, 15) is 18.0 Å². The summed E-state index contributed by atoms with van der Waals surface area (Å²) in [7, 11) is -3.84. The van der Waals surface area contributed by atoms with Crippen molar-refractivity contribution in [2.75, 3.05) is 11.3 Å². The second kappa shape index (κ2) is 8.68. The lowest BCUT2D eigenvalue weighted by atomic mass is 10.2. The maximum Gasteiger partial charge on any atom is 0.261 e. The van der Waals surface area contributed by atoms with E-state index < -0.39 is 22.0 Å². The number of benzene rings is 2. The second-order valence-corrected chi connectivity index (χ2v) is 7.77. The lowest BCUT2D eigenvalue weighted by Crippen LogP contribution is -2.44. The number of sulfonamides is 1. The summed E-state index contributed by atoms with van der Waals surface area (Å²) in [5.41, 5.74) is 1.59. The van der Waals surface area contributed by atoms with Gasteiger partial charge in [0.05, 0.1) is 4.90 Å². The second-order valence-electron chi connectivity index (χ2n) is 6.09. The van der Waals surface area contributed by atoms with Gasteiger partial charge in [-0.3, -0.25) is 14.3 Å². The molecule has 144 valence electrons. The Balaban J connectivity index is 2.17. The van der Waals surface area contributed by atoms with E-state index in [1.165, 1.54) is 24.3 Å². The first-order valence-corrected chi connectivity index (χ1v) is 9.99. The summed E-state index contributed by atoms with van der Waals surface area (Å²) in [6.07, 6.45) is 0. The molecule has 0 bridgehead atoms. The van der Waals surface area contributed by atoms with Gasteiger partial charge in [0.2, 0.25) is 5.91 Å². The minimum absolute atomic E-state index is 0.0404. The first-order chi connectivity index (χ1) is 12.7. The molecule has 0 fully saturated rings. The zero-order valence-corrected chi connectivity index (χ0v) is 16.3. The standard InChI is InChI=1S/C19H23N3O4S/c1-4-20-18(23)14(3)21-19(24)15-6-5-7-17(12-15)27(25,26)22-16-10-8-13(2)9-11-16/h5-12,14,22H,4H2,1-3H3,(H,20,23)(H,21,24)/t14-/m0/s1. The minimum Gasteiger partial charge on any atom is -0.355 e. The smallest absolute Gasteiger partial charge is 0.261 e. The van der Waals surface area contributed by atoms with Crippen molar-refractivity contribution in [3.8, 4) is 0 Å². The van der Waals surface area contributed by atoms with Crippen LogP contribution in [0.4, 0.5) is 5.69 Å². The zero-order valence-electron chi connectivity index (χ0n) is 15.4. The third-order valence-electron chi connectivity index (χ3n) is 3.80. The molecule has 8 heteroatoms. The highest BCUT2D eigenvalue weighted by molar-refractivity contribution is 7.92. The van der Waals surface area contributed by atoms with Gasteiger partial charge >= 0.3 is 0 Å². The van der Waals surface area contributed by atoms with Crippen LogP contribution in [0.3, 0.4) is 0 Å². The Morgan fingerprint density at radius 1 is 1.07 bits per heavy atom. The van der Waals surface area contributed by atoms with E-state index in [1.54, 1.807) is 38.1 Å². The Hall–Kier alpha value is -2.87. The fraction of sp³-hybridized carbons (Fsp3) is 0.263. The normalized spacial score (nSPS) is 12.1. The van der Waals surface area contributed by atoms with E-state index in [1.807, 2.05) is 6.92 Å². The van der Waals surface area contributed by atoms with Crippen LogP contribution < -0.4 is 15.4 Å². The molecule has 2 aromatic rings. The summed E-state index contributed by atoms with van der Waals surface area (Å²) < 4.78 is 27.6. The van der Waals surface area contributed by atoms with Gasteiger partial charge in [-0.15, -0.1) is 0 Å². The summed E-state index contributed by atoms with van der Waals surface area (Å²) >= 11 is 0. The van der Waals surface area contributed by atoms with Crippen LogP contribution in [0.25, 0.3) is 0 Å². The number of rotatable bonds is 7. The highest BCUT2D eigenvalue weighted by atomic mass is 32.2. The molecule has 1 atom stereocenters. The Bertz CT molecular complexity index is 924. The average Bonchev–Trinajstić information content (AvgIpc) is 2.63. The number of likely N-dealkylation sites (N-methyl/N-ethyl adjacent to an activating group) is 1. The first-order valence-electron chi connectivity index (χ1n) is 8.51. The van der Waals surface area contributed by atoms with Gasteiger partial charge in [0.1, 0.15) is 6.04 Å². The molecule has 7 nitrogen and oxygen atoms in total. The van der Waals surface area contributed by atoms with Crippen molar-refractivity contribution in [2.45, 2.75) is 31.7 Å². The molecule has 27 heavy (non-hydrogen) atoms. The number of aryl methyl sites for hydroxylation is 1. The number of hydrogen-bond acceptors (Lipinski definition) is 4. The highest BCUT2D eigenvalue weighted by Crippen LogP contribution is 2.17. The first kappa shape index (κ1) is 20.4. The Morgan fingerprint density at radius 3 is 2.37 bits per heavy atom. The maximum absolute atomic E-state index is 12.6. The summed E-state index contributed by atoms with van der Waals surface area (Å²) in [6, 6.07) is 11.8. The van der Waals surface area contributed by atoms with E-state index in [4.69, 9.17) is 0 Å². The van der Waals surface area contributed by atoms with Gasteiger partial charge in [-0.1, -0.05) is 23.8 Å². The van der Waals surface area contributed by atoms with Crippen LogP contribution in [-0.4, -0.2) is 32.8 Å². The van der Waals surface area contributed by atoms with Crippen molar-refractivity contribution < 1.29 is 18.0 Å². The van der Waals surface area contributed by atoms with Crippen LogP contribution in [0.5, 0.6) is 0 Å². The quantitative estimate of drug-likeness (QED) is 0.674. The molecular weight excluding hydrogens is 366 g/mol. The van der Waals surface area contributed by atoms with Crippen LogP contribution >= 0.6 is 0 Å². The molecule has 0 heterocycles. The summed E-state index contributed by atoms with van der Waals surface area (Å²) in [4.78, 5) is 24.0. The molecule has 0 saturated heterocycles. The number of nitrogens with one attached hydrogen (secondary N) is 3. The minimum atomic E-state index is -3.84. The molecule has 3 N–H and O–H groups in total. The van der Waals surface area contributed by atoms with Crippen molar-refractivity contribution in [3.63, 3.8) is 0 Å². The third kappa shape index (κ3) is 5.55. The Kier molecular flexibility index (Phi) is 6.57. The van der Waals surface area contributed by atoms with Gasteiger partial charge in [0.25, 0.3) is 15.9 Å². The fourth-order valence-corrected chi connectivity index (χ4v) is 3.42. The molecule has 0 aliphatic carbocycles. The van der Waals surface area contributed by atoms with Crippen molar-refractivity contribution in [1.29, 1.82) is 0 Å². The van der Waals surface area contributed by atoms with E-state index in [-0.39, 0.29) is 16.4 Å². The number of carbonyl (C=O) groups excluding carboxylic acids is 2. The van der Waals surface area contributed by atoms with E-state index >= 15 is 0 Å². The average molecular weight is 389 g/mol. The van der Waals surface area contributed by atoms with Gasteiger partial charge < -0.3 is 10.6 Å². The van der Waals surface area contributed by atoms with Crippen LogP contribution in [0.1, 0.15) is 29.8 Å². The molecule has 0 aliphatic heterocycles. The Morgan fingerprint density at radius 2 is 1.74 bits per heavy atom. The molecule has 0 unspecified atom stereocenters. The Labute approximate surface area is 159 Å². The van der Waals surface area contributed by atoms with E-state index in [2.05, 4.69) is 15.4 Å².